The maximum absolute atomic E-state index is 12.6. The Morgan fingerprint density at radius 2 is 1.96 bits per heavy atom. The molecule has 146 valence electrons. The van der Waals surface area contributed by atoms with E-state index in [-0.39, 0.29) is 5.91 Å². The number of nitrogens with one attached hydrogen (secondary N) is 1. The summed E-state index contributed by atoms with van der Waals surface area (Å²) in [6.07, 6.45) is 2.60. The molecule has 2 aliphatic rings. The van der Waals surface area contributed by atoms with Crippen LogP contribution in [0.4, 0.5) is 0 Å². The molecule has 2 aliphatic heterocycles. The van der Waals surface area contributed by atoms with E-state index in [1.165, 1.54) is 0 Å². The third kappa shape index (κ3) is 4.02. The molecule has 1 amide bonds. The van der Waals surface area contributed by atoms with Gasteiger partial charge in [0.2, 0.25) is 5.91 Å². The molecule has 2 heterocycles. The molecular formula is C22H25N3O3. The molecule has 0 aliphatic carbocycles. The summed E-state index contributed by atoms with van der Waals surface area (Å²) in [5.74, 6) is 1.76. The van der Waals surface area contributed by atoms with Gasteiger partial charge in [-0.3, -0.25) is 4.79 Å². The Kier molecular flexibility index (Phi) is 5.30. The fourth-order valence-electron chi connectivity index (χ4n) is 3.67. The van der Waals surface area contributed by atoms with Crippen molar-refractivity contribution in [3.05, 3.63) is 65.7 Å². The predicted octanol–water partition coefficient (Wildman–Crippen LogP) is 2.93. The van der Waals surface area contributed by atoms with Crippen molar-refractivity contribution in [3.8, 4) is 5.75 Å². The Morgan fingerprint density at radius 3 is 2.71 bits per heavy atom. The number of piperidine rings is 1. The van der Waals surface area contributed by atoms with Gasteiger partial charge in [-0.25, -0.2) is 15.3 Å². The third-order valence-corrected chi connectivity index (χ3v) is 5.36. The van der Waals surface area contributed by atoms with Crippen molar-refractivity contribution < 1.29 is 14.4 Å². The first-order valence-electron chi connectivity index (χ1n) is 9.67. The van der Waals surface area contributed by atoms with Crippen LogP contribution in [0.5, 0.6) is 5.75 Å². The number of amidine groups is 1. The van der Waals surface area contributed by atoms with Crippen molar-refractivity contribution in [2.24, 2.45) is 4.99 Å². The number of amides is 1. The van der Waals surface area contributed by atoms with Crippen LogP contribution in [0.25, 0.3) is 0 Å². The molecule has 0 aromatic heterocycles. The van der Waals surface area contributed by atoms with E-state index in [1.807, 2.05) is 59.5 Å². The molecule has 1 spiro atoms. The molecule has 28 heavy (non-hydrogen) atoms. The maximum atomic E-state index is 12.6. The van der Waals surface area contributed by atoms with Gasteiger partial charge in [-0.1, -0.05) is 42.5 Å². The zero-order valence-corrected chi connectivity index (χ0v) is 16.1. The van der Waals surface area contributed by atoms with Crippen LogP contribution in [0.2, 0.25) is 0 Å². The summed E-state index contributed by atoms with van der Waals surface area (Å²) in [6.45, 7) is 1.31. The number of methoxy groups -OCH3 is 1. The number of hydrogen-bond acceptors (Lipinski definition) is 5. The highest BCUT2D eigenvalue weighted by molar-refractivity contribution is 5.99. The molecular weight excluding hydrogens is 354 g/mol. The lowest BCUT2D eigenvalue weighted by molar-refractivity contribution is -0.139. The summed E-state index contributed by atoms with van der Waals surface area (Å²) in [5.41, 5.74) is 4.53. The molecule has 2 aromatic carbocycles. The third-order valence-electron chi connectivity index (χ3n) is 5.36. The molecule has 0 radical (unpaired) electrons. The summed E-state index contributed by atoms with van der Waals surface area (Å²) >= 11 is 0. The zero-order valence-electron chi connectivity index (χ0n) is 16.1. The molecule has 4 rings (SSSR count). The quantitative estimate of drug-likeness (QED) is 0.868. The van der Waals surface area contributed by atoms with E-state index in [0.717, 1.165) is 22.7 Å². The van der Waals surface area contributed by atoms with Gasteiger partial charge >= 0.3 is 0 Å². The van der Waals surface area contributed by atoms with Crippen LogP contribution in [-0.4, -0.2) is 42.6 Å². The van der Waals surface area contributed by atoms with Crippen molar-refractivity contribution in [1.29, 1.82) is 0 Å². The van der Waals surface area contributed by atoms with Gasteiger partial charge in [0.1, 0.15) is 5.75 Å². The molecule has 1 fully saturated rings. The van der Waals surface area contributed by atoms with Gasteiger partial charge in [0.25, 0.3) is 0 Å². The minimum absolute atomic E-state index is 0.177. The number of nitrogens with zero attached hydrogens (tertiary/aromatic N) is 2. The lowest BCUT2D eigenvalue weighted by Gasteiger charge is -2.35. The van der Waals surface area contributed by atoms with Crippen molar-refractivity contribution >= 4 is 11.7 Å². The summed E-state index contributed by atoms with van der Waals surface area (Å²) < 4.78 is 5.24. The number of ether oxygens (including phenoxy) is 1. The Morgan fingerprint density at radius 1 is 1.18 bits per heavy atom. The largest absolute Gasteiger partial charge is 0.497 e. The SMILES string of the molecule is COc1cccc(CCC(=O)N2CCC3(CC2)N=C(c2ccccc2)NO3)c1. The Hall–Kier alpha value is -2.86. The molecule has 6 nitrogen and oxygen atoms in total. The molecule has 6 heteroatoms. The van der Waals surface area contributed by atoms with Crippen LogP contribution in [0.1, 0.15) is 30.4 Å². The molecule has 2 aromatic rings. The van der Waals surface area contributed by atoms with Crippen LogP contribution in [0.3, 0.4) is 0 Å². The minimum Gasteiger partial charge on any atom is -0.497 e. The first-order valence-corrected chi connectivity index (χ1v) is 9.67. The van der Waals surface area contributed by atoms with Crippen molar-refractivity contribution in [1.82, 2.24) is 10.4 Å². The lowest BCUT2D eigenvalue weighted by Crippen LogP contribution is -2.46. The van der Waals surface area contributed by atoms with Gasteiger partial charge < -0.3 is 9.64 Å². The van der Waals surface area contributed by atoms with Gasteiger partial charge in [0, 0.05) is 37.9 Å². The van der Waals surface area contributed by atoms with Crippen LogP contribution in [0, 0.1) is 0 Å². The monoisotopic (exact) mass is 379 g/mol. The first kappa shape index (κ1) is 18.5. The maximum Gasteiger partial charge on any atom is 0.222 e. The van der Waals surface area contributed by atoms with Gasteiger partial charge in [0.05, 0.1) is 7.11 Å². The molecule has 1 saturated heterocycles. The van der Waals surface area contributed by atoms with Crippen molar-refractivity contribution in [2.75, 3.05) is 20.2 Å². The average Bonchev–Trinajstić information content (AvgIpc) is 3.17. The number of aliphatic imine (C=N–C) groups is 1. The smallest absolute Gasteiger partial charge is 0.222 e. The lowest BCUT2D eigenvalue weighted by atomic mass is 10.00. The second-order valence-corrected chi connectivity index (χ2v) is 7.21. The number of aryl methyl sites for hydroxylation is 1. The van der Waals surface area contributed by atoms with Gasteiger partial charge in [-0.05, 0) is 24.1 Å². The van der Waals surface area contributed by atoms with E-state index in [2.05, 4.69) is 5.48 Å². The number of hydroxylamine groups is 1. The number of benzene rings is 2. The van der Waals surface area contributed by atoms with Crippen LogP contribution < -0.4 is 10.2 Å². The predicted molar refractivity (Wildman–Crippen MR) is 107 cm³/mol. The Labute approximate surface area is 165 Å². The topological polar surface area (TPSA) is 63.2 Å². The molecule has 0 saturated carbocycles. The first-order chi connectivity index (χ1) is 13.7. The standard InChI is InChI=1S/C22H25N3O3/c1-27-19-9-5-6-17(16-19)10-11-20(26)25-14-12-22(13-15-25)23-21(24-28-22)18-7-3-2-4-8-18/h2-9,16H,10-15H2,1H3,(H,23,24). The molecule has 0 atom stereocenters. The van der Waals surface area contributed by atoms with Crippen LogP contribution >= 0.6 is 0 Å². The van der Waals surface area contributed by atoms with E-state index < -0.39 is 5.72 Å². The average molecular weight is 379 g/mol. The number of rotatable bonds is 5. The fourth-order valence-corrected chi connectivity index (χ4v) is 3.67. The summed E-state index contributed by atoms with van der Waals surface area (Å²) in [5, 5.41) is 0. The second kappa shape index (κ2) is 8.02. The summed E-state index contributed by atoms with van der Waals surface area (Å²) in [7, 11) is 1.65. The molecule has 0 bridgehead atoms. The number of likely N-dealkylation sites (tertiary alicyclic amines) is 1. The minimum atomic E-state index is -0.561. The van der Waals surface area contributed by atoms with Crippen LogP contribution in [0.15, 0.2) is 59.6 Å². The van der Waals surface area contributed by atoms with E-state index in [9.17, 15) is 4.79 Å². The number of carbonyl (C=O) groups is 1. The van der Waals surface area contributed by atoms with Crippen LogP contribution in [-0.2, 0) is 16.1 Å². The highest BCUT2D eigenvalue weighted by atomic mass is 16.7. The summed E-state index contributed by atoms with van der Waals surface area (Å²) in [6, 6.07) is 17.8. The highest BCUT2D eigenvalue weighted by Crippen LogP contribution is 2.31. The molecule has 1 N–H and O–H groups in total. The Balaban J connectivity index is 1.31. The van der Waals surface area contributed by atoms with Gasteiger partial charge in [0.15, 0.2) is 11.6 Å². The molecule has 0 unspecified atom stereocenters. The van der Waals surface area contributed by atoms with E-state index in [0.29, 0.717) is 38.8 Å². The highest BCUT2D eigenvalue weighted by Gasteiger charge is 2.41. The van der Waals surface area contributed by atoms with E-state index >= 15 is 0 Å². The van der Waals surface area contributed by atoms with Gasteiger partial charge in [-0.15, -0.1) is 0 Å². The second-order valence-electron chi connectivity index (χ2n) is 7.21. The Bertz CT molecular complexity index is 858. The number of carbonyl (C=O) groups excluding carboxylic acids is 1. The van der Waals surface area contributed by atoms with E-state index in [1.54, 1.807) is 7.11 Å². The fraction of sp³-hybridized carbons (Fsp3) is 0.364. The van der Waals surface area contributed by atoms with Gasteiger partial charge in [-0.2, -0.15) is 0 Å². The van der Waals surface area contributed by atoms with Crippen molar-refractivity contribution in [3.63, 3.8) is 0 Å². The van der Waals surface area contributed by atoms with E-state index in [4.69, 9.17) is 14.6 Å². The normalized spacial score (nSPS) is 17.9. The summed E-state index contributed by atoms with van der Waals surface area (Å²) in [4.78, 5) is 25.2. The zero-order chi connectivity index (χ0) is 19.4. The van der Waals surface area contributed by atoms with Crippen molar-refractivity contribution in [2.45, 2.75) is 31.4 Å². The number of hydrogen-bond donors (Lipinski definition) is 1.